The maximum atomic E-state index is 12.3. The molecular formula is C13H17N3O2S. The molecule has 1 aliphatic heterocycles. The van der Waals surface area contributed by atoms with Crippen LogP contribution in [0.2, 0.25) is 0 Å². The summed E-state index contributed by atoms with van der Waals surface area (Å²) in [6, 6.07) is 7.76. The van der Waals surface area contributed by atoms with Gasteiger partial charge >= 0.3 is 0 Å². The van der Waals surface area contributed by atoms with Gasteiger partial charge in [0.1, 0.15) is 0 Å². The van der Waals surface area contributed by atoms with Crippen LogP contribution in [0.25, 0.3) is 0 Å². The molecule has 0 bridgehead atoms. The lowest BCUT2D eigenvalue weighted by Gasteiger charge is -2.27. The molecular weight excluding hydrogens is 262 g/mol. The lowest BCUT2D eigenvalue weighted by atomic mass is 9.98. The van der Waals surface area contributed by atoms with Crippen LogP contribution in [0.3, 0.4) is 0 Å². The minimum atomic E-state index is -3.54. The number of benzene rings is 1. The molecule has 2 rings (SSSR count). The van der Waals surface area contributed by atoms with Crippen LogP contribution in [0.4, 0.5) is 0 Å². The first-order valence-corrected chi connectivity index (χ1v) is 7.61. The zero-order valence-corrected chi connectivity index (χ0v) is 11.8. The minimum absolute atomic E-state index is 0.131. The third-order valence-electron chi connectivity index (χ3n) is 3.48. The number of rotatable bonds is 3. The van der Waals surface area contributed by atoms with Crippen molar-refractivity contribution in [3.8, 4) is 6.07 Å². The molecule has 1 aromatic carbocycles. The fourth-order valence-corrected chi connectivity index (χ4v) is 3.61. The molecule has 5 nitrogen and oxygen atoms in total. The maximum Gasteiger partial charge on any atom is 0.240 e. The number of sulfonamides is 1. The molecule has 1 aliphatic rings. The highest BCUT2D eigenvalue weighted by Gasteiger charge is 2.36. The second-order valence-corrected chi connectivity index (χ2v) is 6.96. The van der Waals surface area contributed by atoms with Crippen LogP contribution in [0, 0.1) is 11.3 Å². The summed E-state index contributed by atoms with van der Waals surface area (Å²) in [4.78, 5) is 0.189. The van der Waals surface area contributed by atoms with E-state index in [0.29, 0.717) is 5.56 Å². The number of hydrogen-bond donors (Lipinski definition) is 2. The van der Waals surface area contributed by atoms with Crippen LogP contribution in [0.15, 0.2) is 29.2 Å². The summed E-state index contributed by atoms with van der Waals surface area (Å²) in [5, 5.41) is 12.0. The highest BCUT2D eigenvalue weighted by molar-refractivity contribution is 7.89. The molecule has 1 aromatic rings. The van der Waals surface area contributed by atoms with Gasteiger partial charge in [0, 0.05) is 11.6 Å². The molecule has 0 spiro atoms. The number of nitrogens with one attached hydrogen (secondary N) is 2. The van der Waals surface area contributed by atoms with Crippen molar-refractivity contribution in [2.45, 2.75) is 36.7 Å². The molecule has 1 fully saturated rings. The van der Waals surface area contributed by atoms with Gasteiger partial charge in [-0.25, -0.2) is 13.1 Å². The van der Waals surface area contributed by atoms with Crippen molar-refractivity contribution in [1.82, 2.24) is 10.0 Å². The number of nitrogens with zero attached hydrogens (tertiary/aromatic N) is 1. The maximum absolute atomic E-state index is 12.3. The van der Waals surface area contributed by atoms with Crippen molar-refractivity contribution in [2.24, 2.45) is 0 Å². The first-order valence-electron chi connectivity index (χ1n) is 6.13. The lowest BCUT2D eigenvalue weighted by molar-refractivity contribution is 0.385. The summed E-state index contributed by atoms with van der Waals surface area (Å²) in [5.41, 5.74) is 0.196. The van der Waals surface area contributed by atoms with E-state index in [2.05, 4.69) is 10.0 Å². The molecule has 6 heteroatoms. The zero-order chi connectivity index (χ0) is 14.1. The minimum Gasteiger partial charge on any atom is -0.310 e. The van der Waals surface area contributed by atoms with Crippen molar-refractivity contribution in [3.05, 3.63) is 29.8 Å². The van der Waals surface area contributed by atoms with Crippen LogP contribution in [0.5, 0.6) is 0 Å². The Kier molecular flexibility index (Phi) is 3.63. The van der Waals surface area contributed by atoms with Crippen molar-refractivity contribution in [1.29, 1.82) is 5.26 Å². The fourth-order valence-electron chi connectivity index (χ4n) is 2.19. The van der Waals surface area contributed by atoms with E-state index in [-0.39, 0.29) is 16.5 Å². The zero-order valence-electron chi connectivity index (χ0n) is 11.0. The SMILES string of the molecule is CC1(C)NCC[C@@H]1NS(=O)(=O)c1ccc(C#N)cc1. The van der Waals surface area contributed by atoms with Gasteiger partial charge < -0.3 is 5.32 Å². The van der Waals surface area contributed by atoms with E-state index in [9.17, 15) is 8.42 Å². The van der Waals surface area contributed by atoms with Gasteiger partial charge in [-0.2, -0.15) is 5.26 Å². The van der Waals surface area contributed by atoms with Crippen molar-refractivity contribution in [2.75, 3.05) is 6.54 Å². The van der Waals surface area contributed by atoms with Gasteiger partial charge in [-0.1, -0.05) is 0 Å². The molecule has 0 unspecified atom stereocenters. The highest BCUT2D eigenvalue weighted by Crippen LogP contribution is 2.21. The molecule has 1 heterocycles. The predicted molar refractivity (Wildman–Crippen MR) is 72.0 cm³/mol. The van der Waals surface area contributed by atoms with Gasteiger partial charge in [0.15, 0.2) is 0 Å². The van der Waals surface area contributed by atoms with E-state index < -0.39 is 10.0 Å². The summed E-state index contributed by atoms with van der Waals surface area (Å²) in [6.07, 6.45) is 0.766. The van der Waals surface area contributed by atoms with Gasteiger partial charge in [0.2, 0.25) is 10.0 Å². The Morgan fingerprint density at radius 3 is 2.47 bits per heavy atom. The number of hydrogen-bond acceptors (Lipinski definition) is 4. The average molecular weight is 279 g/mol. The summed E-state index contributed by atoms with van der Waals surface area (Å²) < 4.78 is 27.2. The van der Waals surface area contributed by atoms with Crippen molar-refractivity contribution in [3.63, 3.8) is 0 Å². The molecule has 1 atom stereocenters. The van der Waals surface area contributed by atoms with Gasteiger partial charge in [-0.05, 0) is 51.1 Å². The summed E-state index contributed by atoms with van der Waals surface area (Å²) in [5.74, 6) is 0. The van der Waals surface area contributed by atoms with Crippen LogP contribution in [-0.4, -0.2) is 26.5 Å². The second kappa shape index (κ2) is 4.93. The monoisotopic (exact) mass is 279 g/mol. The molecule has 0 saturated carbocycles. The second-order valence-electron chi connectivity index (χ2n) is 5.25. The first kappa shape index (κ1) is 14.0. The van der Waals surface area contributed by atoms with Crippen LogP contribution in [0.1, 0.15) is 25.8 Å². The van der Waals surface area contributed by atoms with E-state index in [4.69, 9.17) is 5.26 Å². The number of nitriles is 1. The topological polar surface area (TPSA) is 82.0 Å². The Labute approximate surface area is 113 Å². The Morgan fingerprint density at radius 1 is 1.37 bits per heavy atom. The normalized spacial score (nSPS) is 22.1. The standard InChI is InChI=1S/C13H17N3O2S/c1-13(2)12(7-8-15-13)16-19(17,18)11-5-3-10(9-14)4-6-11/h3-6,12,15-16H,7-8H2,1-2H3/t12-/m0/s1. The van der Waals surface area contributed by atoms with E-state index >= 15 is 0 Å². The first-order chi connectivity index (χ1) is 8.85. The smallest absolute Gasteiger partial charge is 0.240 e. The summed E-state index contributed by atoms with van der Waals surface area (Å²) in [6.45, 7) is 4.76. The predicted octanol–water partition coefficient (Wildman–Crippen LogP) is 0.977. The van der Waals surface area contributed by atoms with E-state index in [1.165, 1.54) is 24.3 Å². The van der Waals surface area contributed by atoms with Gasteiger partial charge in [0.25, 0.3) is 0 Å². The van der Waals surface area contributed by atoms with Gasteiger partial charge in [-0.3, -0.25) is 0 Å². The molecule has 0 radical (unpaired) electrons. The third-order valence-corrected chi connectivity index (χ3v) is 4.96. The Morgan fingerprint density at radius 2 is 2.00 bits per heavy atom. The van der Waals surface area contributed by atoms with Gasteiger partial charge in [0.05, 0.1) is 16.5 Å². The molecule has 19 heavy (non-hydrogen) atoms. The third kappa shape index (κ3) is 2.95. The van der Waals surface area contributed by atoms with E-state index in [1.807, 2.05) is 19.9 Å². The van der Waals surface area contributed by atoms with Crippen molar-refractivity contribution >= 4 is 10.0 Å². The van der Waals surface area contributed by atoms with Crippen LogP contribution >= 0.6 is 0 Å². The molecule has 0 aliphatic carbocycles. The molecule has 0 aromatic heterocycles. The summed E-state index contributed by atoms with van der Waals surface area (Å²) in [7, 11) is -3.54. The Hall–Kier alpha value is -1.42. The average Bonchev–Trinajstić information content (AvgIpc) is 2.68. The van der Waals surface area contributed by atoms with E-state index in [1.54, 1.807) is 0 Å². The molecule has 102 valence electrons. The molecule has 2 N–H and O–H groups in total. The Balaban J connectivity index is 2.21. The quantitative estimate of drug-likeness (QED) is 0.864. The fraction of sp³-hybridized carbons (Fsp3) is 0.462. The molecule has 0 amide bonds. The largest absolute Gasteiger partial charge is 0.310 e. The van der Waals surface area contributed by atoms with Crippen LogP contribution in [-0.2, 0) is 10.0 Å². The van der Waals surface area contributed by atoms with Crippen molar-refractivity contribution < 1.29 is 8.42 Å². The van der Waals surface area contributed by atoms with Crippen LogP contribution < -0.4 is 10.0 Å². The highest BCUT2D eigenvalue weighted by atomic mass is 32.2. The lowest BCUT2D eigenvalue weighted by Crippen LogP contribution is -2.50. The Bertz CT molecular complexity index is 600. The van der Waals surface area contributed by atoms with E-state index in [0.717, 1.165) is 13.0 Å². The van der Waals surface area contributed by atoms with Gasteiger partial charge in [-0.15, -0.1) is 0 Å². The molecule has 1 saturated heterocycles. The summed E-state index contributed by atoms with van der Waals surface area (Å²) >= 11 is 0.